The molecule has 0 bridgehead atoms. The van der Waals surface area contributed by atoms with E-state index in [-0.39, 0.29) is 16.6 Å². The highest BCUT2D eigenvalue weighted by Crippen LogP contribution is 2.54. The minimum atomic E-state index is -0.182. The average molecular weight is 814 g/mol. The zero-order valence-corrected chi connectivity index (χ0v) is 36.3. The van der Waals surface area contributed by atoms with Gasteiger partial charge >= 0.3 is 0 Å². The van der Waals surface area contributed by atoms with Crippen LogP contribution in [-0.4, -0.2) is 32.2 Å². The monoisotopic (exact) mass is 813 g/mol. The number of rotatable bonds is 7. The molecule has 0 saturated heterocycles. The summed E-state index contributed by atoms with van der Waals surface area (Å²) < 4.78 is 18.3. The Morgan fingerprint density at radius 1 is 0.694 bits per heavy atom. The van der Waals surface area contributed by atoms with Gasteiger partial charge in [-0.2, -0.15) is 0 Å². The fourth-order valence-corrected chi connectivity index (χ4v) is 10.5. The molecule has 0 fully saturated rings. The van der Waals surface area contributed by atoms with Crippen molar-refractivity contribution in [2.75, 3.05) is 29.6 Å². The van der Waals surface area contributed by atoms with Crippen LogP contribution < -0.4 is 30.2 Å². The van der Waals surface area contributed by atoms with Gasteiger partial charge in [-0.3, -0.25) is 0 Å². The molecular weight excluding hydrogens is 763 g/mol. The summed E-state index contributed by atoms with van der Waals surface area (Å²) in [4.78, 5) is 4.74. The third kappa shape index (κ3) is 5.89. The molecule has 6 nitrogen and oxygen atoms in total. The van der Waals surface area contributed by atoms with E-state index in [9.17, 15) is 5.11 Å². The van der Waals surface area contributed by atoms with E-state index in [0.717, 1.165) is 68.3 Å². The van der Waals surface area contributed by atoms with E-state index < -0.39 is 0 Å². The Morgan fingerprint density at radius 2 is 1.34 bits per heavy atom. The van der Waals surface area contributed by atoms with Crippen LogP contribution >= 0.6 is 0 Å². The van der Waals surface area contributed by atoms with Crippen LogP contribution in [0, 0.1) is 6.92 Å². The Labute approximate surface area is 365 Å². The minimum Gasteiger partial charge on any atom is -0.504 e. The molecule has 7 aromatic carbocycles. The lowest BCUT2D eigenvalue weighted by molar-refractivity contribution is 0.107. The lowest BCUT2D eigenvalue weighted by atomic mass is 9.59. The standard InChI is InChI=1S/C55H50BN2O4/c1-7-22-61-52-30-46-47(31-50(52)59)58(37-17-16-34-32-60-23-24-62-51(34)29-37)49-26-33(2)25-48(53(49)56-46)57(35-18-20-40-38-12-8-10-14-42(38)54(3,4)44(40)27-35)36-19-21-41-39-13-9-11-15-43(39)55(5,6)45(41)28-36/h8-21,25-31,59H,7,22-24,32H2,1-6H3. The fourth-order valence-electron chi connectivity index (χ4n) is 10.5. The van der Waals surface area contributed by atoms with Crippen molar-refractivity contribution in [2.24, 2.45) is 0 Å². The van der Waals surface area contributed by atoms with Crippen LogP contribution in [0.4, 0.5) is 34.1 Å². The molecule has 11 rings (SSSR count). The van der Waals surface area contributed by atoms with Gasteiger partial charge in [0.15, 0.2) is 18.8 Å². The van der Waals surface area contributed by atoms with Crippen LogP contribution in [0.3, 0.4) is 0 Å². The van der Waals surface area contributed by atoms with E-state index in [4.69, 9.17) is 14.2 Å². The molecule has 307 valence electrons. The highest BCUT2D eigenvalue weighted by molar-refractivity contribution is 6.73. The summed E-state index contributed by atoms with van der Waals surface area (Å²) >= 11 is 0. The molecule has 4 aliphatic rings. The quantitative estimate of drug-likeness (QED) is 0.162. The molecule has 0 unspecified atom stereocenters. The molecular formula is C55H50BN2O4. The van der Waals surface area contributed by atoms with Gasteiger partial charge in [-0.25, -0.2) is 0 Å². The lowest BCUT2D eigenvalue weighted by Gasteiger charge is -2.38. The van der Waals surface area contributed by atoms with Gasteiger partial charge in [0, 0.05) is 62.7 Å². The van der Waals surface area contributed by atoms with Crippen molar-refractivity contribution >= 4 is 52.3 Å². The second-order valence-corrected chi connectivity index (χ2v) is 18.3. The lowest BCUT2D eigenvalue weighted by Crippen LogP contribution is -2.42. The molecule has 0 spiro atoms. The summed E-state index contributed by atoms with van der Waals surface area (Å²) in [6.45, 7) is 15.7. The molecule has 0 saturated carbocycles. The Bertz CT molecular complexity index is 2860. The van der Waals surface area contributed by atoms with Crippen molar-refractivity contribution in [3.05, 3.63) is 161 Å². The normalized spacial score (nSPS) is 15.7. The van der Waals surface area contributed by atoms with Gasteiger partial charge in [-0.1, -0.05) is 107 Å². The number of phenols is 1. The van der Waals surface area contributed by atoms with Gasteiger partial charge in [-0.05, 0) is 117 Å². The maximum atomic E-state index is 11.5. The second-order valence-electron chi connectivity index (χ2n) is 18.3. The van der Waals surface area contributed by atoms with Crippen LogP contribution in [-0.2, 0) is 22.2 Å². The van der Waals surface area contributed by atoms with Crippen LogP contribution in [0.1, 0.15) is 74.4 Å². The van der Waals surface area contributed by atoms with E-state index in [1.54, 1.807) is 0 Å². The first-order valence-corrected chi connectivity index (χ1v) is 21.9. The number of hydrogen-bond donors (Lipinski definition) is 1. The molecule has 0 atom stereocenters. The highest BCUT2D eigenvalue weighted by Gasteiger charge is 2.39. The number of anilines is 6. The first-order chi connectivity index (χ1) is 30.0. The molecule has 1 N–H and O–H groups in total. The van der Waals surface area contributed by atoms with Crippen molar-refractivity contribution in [2.45, 2.75) is 65.4 Å². The van der Waals surface area contributed by atoms with Crippen molar-refractivity contribution in [3.8, 4) is 39.5 Å². The summed E-state index contributed by atoms with van der Waals surface area (Å²) in [5.41, 5.74) is 20.3. The van der Waals surface area contributed by atoms with Gasteiger partial charge in [0.2, 0.25) is 0 Å². The van der Waals surface area contributed by atoms with Gasteiger partial charge in [0.05, 0.1) is 19.8 Å². The van der Waals surface area contributed by atoms with E-state index >= 15 is 0 Å². The van der Waals surface area contributed by atoms with E-state index in [1.807, 2.05) is 12.1 Å². The summed E-state index contributed by atoms with van der Waals surface area (Å²) in [6, 6.07) is 46.5. The fraction of sp³-hybridized carbons (Fsp3) is 0.236. The van der Waals surface area contributed by atoms with Crippen molar-refractivity contribution in [1.82, 2.24) is 0 Å². The molecule has 1 radical (unpaired) electrons. The molecule has 0 aromatic heterocycles. The predicted octanol–water partition coefficient (Wildman–Crippen LogP) is 11.9. The van der Waals surface area contributed by atoms with E-state index in [0.29, 0.717) is 32.2 Å². The van der Waals surface area contributed by atoms with E-state index in [1.165, 1.54) is 44.5 Å². The smallest absolute Gasteiger partial charge is 0.200 e. The number of hydrogen-bond acceptors (Lipinski definition) is 6. The number of nitrogens with zero attached hydrogens (tertiary/aromatic N) is 2. The number of fused-ring (bicyclic) bond motifs is 9. The number of aryl methyl sites for hydroxylation is 1. The highest BCUT2D eigenvalue weighted by atomic mass is 16.5. The third-order valence-corrected chi connectivity index (χ3v) is 13.6. The van der Waals surface area contributed by atoms with Crippen LogP contribution in [0.5, 0.6) is 17.2 Å². The van der Waals surface area contributed by atoms with Gasteiger partial charge in [0.25, 0.3) is 0 Å². The molecule has 2 aliphatic carbocycles. The summed E-state index contributed by atoms with van der Waals surface area (Å²) in [5.74, 6) is 1.39. The molecule has 2 aliphatic heterocycles. The van der Waals surface area contributed by atoms with Gasteiger partial charge in [0.1, 0.15) is 12.4 Å². The first kappa shape index (κ1) is 38.5. The molecule has 7 heteroatoms. The summed E-state index contributed by atoms with van der Waals surface area (Å²) in [6.07, 6.45) is 0.831. The number of ether oxygens (including phenoxy) is 3. The second kappa shape index (κ2) is 14.3. The maximum Gasteiger partial charge on any atom is 0.200 e. The zero-order valence-electron chi connectivity index (χ0n) is 36.3. The van der Waals surface area contributed by atoms with E-state index in [2.05, 4.69) is 174 Å². The molecule has 0 amide bonds. The first-order valence-electron chi connectivity index (χ1n) is 21.9. The minimum absolute atomic E-state index is 0.108. The van der Waals surface area contributed by atoms with Crippen LogP contribution in [0.15, 0.2) is 127 Å². The Balaban J connectivity index is 1.16. The molecule has 7 aromatic rings. The number of phenolic OH excluding ortho intramolecular Hbond substituents is 1. The Hall–Kier alpha value is -6.44. The van der Waals surface area contributed by atoms with Crippen molar-refractivity contribution in [3.63, 3.8) is 0 Å². The number of aromatic hydroxyl groups is 1. The van der Waals surface area contributed by atoms with Crippen molar-refractivity contribution in [1.29, 1.82) is 0 Å². The average Bonchev–Trinajstić information content (AvgIpc) is 3.47. The van der Waals surface area contributed by atoms with Gasteiger partial charge < -0.3 is 29.1 Å². The Morgan fingerprint density at radius 3 is 2.00 bits per heavy atom. The van der Waals surface area contributed by atoms with Gasteiger partial charge in [-0.15, -0.1) is 0 Å². The van der Waals surface area contributed by atoms with Crippen LogP contribution in [0.2, 0.25) is 0 Å². The summed E-state index contributed by atoms with van der Waals surface area (Å²) in [5, 5.41) is 11.5. The Kier molecular flexibility index (Phi) is 8.89. The third-order valence-electron chi connectivity index (χ3n) is 13.6. The van der Waals surface area contributed by atoms with Crippen molar-refractivity contribution < 1.29 is 19.3 Å². The largest absolute Gasteiger partial charge is 0.504 e. The number of benzene rings is 7. The molecule has 62 heavy (non-hydrogen) atoms. The molecule has 2 heterocycles. The topological polar surface area (TPSA) is 54.4 Å². The van der Waals surface area contributed by atoms with Crippen LogP contribution in [0.25, 0.3) is 22.3 Å². The SMILES string of the molecule is CCCOc1cc2c(cc1O)N(c1ccc3c(c1)OCCOC3)c1cc(C)cc(N(c3ccc4c(c3)C(C)(C)c3ccccc3-4)c3ccc4c(c3)C(C)(C)c3ccccc3-4)c1[B]2. The summed E-state index contributed by atoms with van der Waals surface area (Å²) in [7, 11) is 2.27. The zero-order chi connectivity index (χ0) is 42.5. The maximum absolute atomic E-state index is 11.5. The predicted molar refractivity (Wildman–Crippen MR) is 253 cm³/mol.